The van der Waals surface area contributed by atoms with Gasteiger partial charge in [-0.25, -0.2) is 4.98 Å². The Kier molecular flexibility index (Phi) is 4.02. The van der Waals surface area contributed by atoms with Crippen molar-refractivity contribution in [3.8, 4) is 11.6 Å². The second-order valence-corrected chi connectivity index (χ2v) is 3.79. The quantitative estimate of drug-likeness (QED) is 0.878. The zero-order chi connectivity index (χ0) is 12.8. The number of hydrogen-bond acceptors (Lipinski definition) is 4. The van der Waals surface area contributed by atoms with Crippen molar-refractivity contribution in [3.05, 3.63) is 48.2 Å². The molecule has 2 rings (SSSR count). The molecule has 4 heteroatoms. The molecule has 18 heavy (non-hydrogen) atoms. The predicted molar refractivity (Wildman–Crippen MR) is 71.1 cm³/mol. The number of rotatable bonds is 5. The Balaban J connectivity index is 1.97. The Morgan fingerprint density at radius 2 is 2.00 bits per heavy atom. The number of nitrogens with zero attached hydrogens (tertiary/aromatic N) is 1. The van der Waals surface area contributed by atoms with Crippen LogP contribution in [0, 0.1) is 0 Å². The molecule has 1 N–H and O–H groups in total. The summed E-state index contributed by atoms with van der Waals surface area (Å²) >= 11 is 0. The van der Waals surface area contributed by atoms with Gasteiger partial charge < -0.3 is 14.8 Å². The molecule has 94 valence electrons. The molecule has 0 bridgehead atoms. The summed E-state index contributed by atoms with van der Waals surface area (Å²) in [4.78, 5) is 4.16. The number of benzene rings is 1. The van der Waals surface area contributed by atoms with Crippen LogP contribution in [0.2, 0.25) is 0 Å². The van der Waals surface area contributed by atoms with Gasteiger partial charge in [-0.3, -0.25) is 0 Å². The Labute approximate surface area is 107 Å². The molecule has 0 amide bonds. The van der Waals surface area contributed by atoms with Crippen molar-refractivity contribution in [2.75, 3.05) is 19.5 Å². The average molecular weight is 244 g/mol. The van der Waals surface area contributed by atoms with E-state index in [1.165, 1.54) is 0 Å². The summed E-state index contributed by atoms with van der Waals surface area (Å²) in [6.07, 6.45) is 1.80. The molecule has 0 saturated carbocycles. The lowest BCUT2D eigenvalue weighted by molar-refractivity contribution is 0.397. The summed E-state index contributed by atoms with van der Waals surface area (Å²) in [5.41, 5.74) is 2.11. The van der Waals surface area contributed by atoms with Gasteiger partial charge >= 0.3 is 0 Å². The number of pyridine rings is 1. The minimum absolute atomic E-state index is 0.625. The SMILES string of the molecule is COc1cccc(NCc2ccc(OC)nc2)c1. The van der Waals surface area contributed by atoms with Crippen molar-refractivity contribution >= 4 is 5.69 Å². The van der Waals surface area contributed by atoms with Crippen LogP contribution < -0.4 is 14.8 Å². The zero-order valence-corrected chi connectivity index (χ0v) is 10.5. The molecule has 0 atom stereocenters. The van der Waals surface area contributed by atoms with Crippen LogP contribution in [0.1, 0.15) is 5.56 Å². The summed E-state index contributed by atoms with van der Waals surface area (Å²) in [5.74, 6) is 1.47. The van der Waals surface area contributed by atoms with Gasteiger partial charge in [0.15, 0.2) is 0 Å². The molecule has 0 aliphatic rings. The molecular weight excluding hydrogens is 228 g/mol. The summed E-state index contributed by atoms with van der Waals surface area (Å²) in [6.45, 7) is 0.712. The summed E-state index contributed by atoms with van der Waals surface area (Å²) in [5, 5.41) is 3.31. The van der Waals surface area contributed by atoms with E-state index in [4.69, 9.17) is 9.47 Å². The van der Waals surface area contributed by atoms with E-state index < -0.39 is 0 Å². The molecule has 4 nitrogen and oxygen atoms in total. The number of ether oxygens (including phenoxy) is 2. The summed E-state index contributed by atoms with van der Waals surface area (Å²) in [7, 11) is 3.27. The standard InChI is InChI=1S/C14H16N2O2/c1-17-13-5-3-4-12(8-13)15-9-11-6-7-14(18-2)16-10-11/h3-8,10,15H,9H2,1-2H3. The summed E-state index contributed by atoms with van der Waals surface area (Å²) < 4.78 is 10.2. The van der Waals surface area contributed by atoms with Gasteiger partial charge in [-0.1, -0.05) is 12.1 Å². The highest BCUT2D eigenvalue weighted by molar-refractivity contribution is 5.48. The minimum atomic E-state index is 0.625. The molecule has 0 aliphatic carbocycles. The smallest absolute Gasteiger partial charge is 0.212 e. The third-order valence-electron chi connectivity index (χ3n) is 2.57. The molecule has 0 aliphatic heterocycles. The van der Waals surface area contributed by atoms with E-state index in [0.717, 1.165) is 17.0 Å². The maximum absolute atomic E-state index is 5.17. The molecule has 0 unspecified atom stereocenters. The van der Waals surface area contributed by atoms with Gasteiger partial charge in [0.25, 0.3) is 0 Å². The number of methoxy groups -OCH3 is 2. The highest BCUT2D eigenvalue weighted by Crippen LogP contribution is 2.17. The second-order valence-electron chi connectivity index (χ2n) is 3.79. The van der Waals surface area contributed by atoms with Crippen LogP contribution >= 0.6 is 0 Å². The van der Waals surface area contributed by atoms with Gasteiger partial charge in [0.2, 0.25) is 5.88 Å². The first-order valence-corrected chi connectivity index (χ1v) is 5.68. The number of nitrogens with one attached hydrogen (secondary N) is 1. The molecule has 2 aromatic rings. The largest absolute Gasteiger partial charge is 0.497 e. The van der Waals surface area contributed by atoms with Crippen LogP contribution in [0.5, 0.6) is 11.6 Å². The van der Waals surface area contributed by atoms with E-state index in [1.54, 1.807) is 20.4 Å². The van der Waals surface area contributed by atoms with Gasteiger partial charge in [-0.05, 0) is 17.7 Å². The predicted octanol–water partition coefficient (Wildman–Crippen LogP) is 2.71. The lowest BCUT2D eigenvalue weighted by Gasteiger charge is -2.08. The van der Waals surface area contributed by atoms with E-state index in [0.29, 0.717) is 12.4 Å². The van der Waals surface area contributed by atoms with E-state index >= 15 is 0 Å². The third kappa shape index (κ3) is 3.13. The Morgan fingerprint density at radius 3 is 2.67 bits per heavy atom. The van der Waals surface area contributed by atoms with Crippen LogP contribution in [0.15, 0.2) is 42.6 Å². The van der Waals surface area contributed by atoms with Crippen LogP contribution in [-0.4, -0.2) is 19.2 Å². The minimum Gasteiger partial charge on any atom is -0.497 e. The van der Waals surface area contributed by atoms with E-state index in [-0.39, 0.29) is 0 Å². The Morgan fingerprint density at radius 1 is 1.11 bits per heavy atom. The van der Waals surface area contributed by atoms with Gasteiger partial charge in [0, 0.05) is 30.6 Å². The highest BCUT2D eigenvalue weighted by Gasteiger charge is 1.97. The van der Waals surface area contributed by atoms with Crippen LogP contribution in [-0.2, 0) is 6.54 Å². The number of hydrogen-bond donors (Lipinski definition) is 1. The first kappa shape index (κ1) is 12.2. The van der Waals surface area contributed by atoms with E-state index in [1.807, 2.05) is 36.4 Å². The maximum Gasteiger partial charge on any atom is 0.212 e. The van der Waals surface area contributed by atoms with Crippen molar-refractivity contribution < 1.29 is 9.47 Å². The molecule has 1 aromatic heterocycles. The van der Waals surface area contributed by atoms with Gasteiger partial charge in [0.05, 0.1) is 14.2 Å². The van der Waals surface area contributed by atoms with Crippen molar-refractivity contribution in [1.82, 2.24) is 4.98 Å². The Bertz CT molecular complexity index is 497. The molecule has 0 radical (unpaired) electrons. The lowest BCUT2D eigenvalue weighted by atomic mass is 10.2. The molecule has 0 fully saturated rings. The van der Waals surface area contributed by atoms with Crippen molar-refractivity contribution in [1.29, 1.82) is 0 Å². The molecule has 0 saturated heterocycles. The normalized spacial score (nSPS) is 9.89. The molecule has 1 heterocycles. The third-order valence-corrected chi connectivity index (χ3v) is 2.57. The fraction of sp³-hybridized carbons (Fsp3) is 0.214. The molecule has 0 spiro atoms. The van der Waals surface area contributed by atoms with Gasteiger partial charge in [0.1, 0.15) is 5.75 Å². The first-order chi connectivity index (χ1) is 8.81. The monoisotopic (exact) mass is 244 g/mol. The maximum atomic E-state index is 5.17. The van der Waals surface area contributed by atoms with Crippen LogP contribution in [0.25, 0.3) is 0 Å². The fourth-order valence-electron chi connectivity index (χ4n) is 1.57. The molecule has 1 aromatic carbocycles. The van der Waals surface area contributed by atoms with Crippen molar-refractivity contribution in [3.63, 3.8) is 0 Å². The number of aromatic nitrogens is 1. The topological polar surface area (TPSA) is 43.4 Å². The zero-order valence-electron chi connectivity index (χ0n) is 10.5. The van der Waals surface area contributed by atoms with Crippen LogP contribution in [0.3, 0.4) is 0 Å². The second kappa shape index (κ2) is 5.91. The highest BCUT2D eigenvalue weighted by atomic mass is 16.5. The van der Waals surface area contributed by atoms with Gasteiger partial charge in [-0.2, -0.15) is 0 Å². The lowest BCUT2D eigenvalue weighted by Crippen LogP contribution is -2.00. The van der Waals surface area contributed by atoms with E-state index in [9.17, 15) is 0 Å². The first-order valence-electron chi connectivity index (χ1n) is 5.68. The fourth-order valence-corrected chi connectivity index (χ4v) is 1.57. The van der Waals surface area contributed by atoms with Crippen molar-refractivity contribution in [2.24, 2.45) is 0 Å². The van der Waals surface area contributed by atoms with Gasteiger partial charge in [-0.15, -0.1) is 0 Å². The van der Waals surface area contributed by atoms with E-state index in [2.05, 4.69) is 10.3 Å². The van der Waals surface area contributed by atoms with Crippen molar-refractivity contribution in [2.45, 2.75) is 6.54 Å². The number of anilines is 1. The summed E-state index contributed by atoms with van der Waals surface area (Å²) in [6, 6.07) is 11.7. The molecular formula is C14H16N2O2. The van der Waals surface area contributed by atoms with Crippen LogP contribution in [0.4, 0.5) is 5.69 Å². The Hall–Kier alpha value is -2.23. The average Bonchev–Trinajstić information content (AvgIpc) is 2.46.